The molecule has 1 aromatic rings. The molecule has 0 spiro atoms. The van der Waals surface area contributed by atoms with Gasteiger partial charge < -0.3 is 9.05 Å². The molecule has 0 aliphatic heterocycles. The summed E-state index contributed by atoms with van der Waals surface area (Å²) in [5.41, 5.74) is 2.26. The van der Waals surface area contributed by atoms with E-state index in [9.17, 15) is 0 Å². The second kappa shape index (κ2) is 7.47. The molecule has 8 heteroatoms. The van der Waals surface area contributed by atoms with Gasteiger partial charge >= 0.3 is 6.64 Å². The predicted octanol–water partition coefficient (Wildman–Crippen LogP) is 4.44. The standard InChI is InChI=1S/C12H18BrN2O2PS2/c1-3-16-18(19,17-4-2)15-14-10-6-5-7-11-9(10)8-12(13)20-11/h8H,3-7H2,1-2H3,(H,15,19)/b14-10-. The highest BCUT2D eigenvalue weighted by Gasteiger charge is 2.21. The van der Waals surface area contributed by atoms with E-state index >= 15 is 0 Å². The molecular weight excluding hydrogens is 379 g/mol. The molecule has 4 nitrogen and oxygen atoms in total. The monoisotopic (exact) mass is 396 g/mol. The van der Waals surface area contributed by atoms with Crippen molar-refractivity contribution in [1.29, 1.82) is 0 Å². The Morgan fingerprint density at radius 2 is 2.10 bits per heavy atom. The Balaban J connectivity index is 2.17. The molecule has 112 valence electrons. The summed E-state index contributed by atoms with van der Waals surface area (Å²) in [5, 5.41) is 7.47. The van der Waals surface area contributed by atoms with Crippen LogP contribution in [0, 0.1) is 0 Å². The zero-order chi connectivity index (χ0) is 14.6. The quantitative estimate of drug-likeness (QED) is 0.570. The van der Waals surface area contributed by atoms with E-state index in [1.807, 2.05) is 13.8 Å². The lowest BCUT2D eigenvalue weighted by atomic mass is 9.97. The number of aryl methyl sites for hydroxylation is 1. The lowest BCUT2D eigenvalue weighted by molar-refractivity contribution is 0.259. The van der Waals surface area contributed by atoms with Crippen LogP contribution in [-0.2, 0) is 27.3 Å². The first-order valence-corrected chi connectivity index (χ1v) is 10.8. The van der Waals surface area contributed by atoms with Gasteiger partial charge in [0.15, 0.2) is 0 Å². The van der Waals surface area contributed by atoms with Crippen LogP contribution in [0.2, 0.25) is 0 Å². The number of nitrogens with zero attached hydrogens (tertiary/aromatic N) is 1. The summed E-state index contributed by atoms with van der Waals surface area (Å²) in [7, 11) is 0. The first-order valence-electron chi connectivity index (χ1n) is 6.59. The van der Waals surface area contributed by atoms with E-state index in [4.69, 9.17) is 20.9 Å². The Labute approximate surface area is 137 Å². The molecule has 0 atom stereocenters. The maximum absolute atomic E-state index is 5.53. The number of hydrogen-bond acceptors (Lipinski definition) is 5. The van der Waals surface area contributed by atoms with E-state index in [1.165, 1.54) is 10.4 Å². The normalized spacial score (nSPS) is 17.2. The van der Waals surface area contributed by atoms with Crippen LogP contribution in [0.3, 0.4) is 0 Å². The minimum atomic E-state index is -2.50. The topological polar surface area (TPSA) is 42.8 Å². The molecule has 0 aromatic carbocycles. The third kappa shape index (κ3) is 4.12. The molecule has 0 fully saturated rings. The van der Waals surface area contributed by atoms with E-state index in [2.05, 4.69) is 32.3 Å². The SMILES string of the molecule is CCOP(=S)(N/N=C1/CCCc2sc(Br)cc21)OCC. The van der Waals surface area contributed by atoms with Crippen LogP contribution in [0.4, 0.5) is 0 Å². The number of fused-ring (bicyclic) bond motifs is 1. The number of hydrazone groups is 1. The molecule has 1 aliphatic rings. The summed E-state index contributed by atoms with van der Waals surface area (Å²) in [6, 6.07) is 2.13. The Morgan fingerprint density at radius 1 is 1.40 bits per heavy atom. The molecule has 0 amide bonds. The summed E-state index contributed by atoms with van der Waals surface area (Å²) < 4.78 is 12.2. The summed E-state index contributed by atoms with van der Waals surface area (Å²) >= 11 is 10.7. The van der Waals surface area contributed by atoms with Crippen molar-refractivity contribution in [3.8, 4) is 0 Å². The zero-order valence-corrected chi connectivity index (χ0v) is 15.6. The van der Waals surface area contributed by atoms with Crippen molar-refractivity contribution in [2.45, 2.75) is 33.1 Å². The van der Waals surface area contributed by atoms with Gasteiger partial charge in [-0.25, -0.2) is 5.20 Å². The van der Waals surface area contributed by atoms with Gasteiger partial charge in [0.05, 0.1) is 22.7 Å². The van der Waals surface area contributed by atoms with Gasteiger partial charge in [-0.1, -0.05) is 0 Å². The average molecular weight is 397 g/mol. The van der Waals surface area contributed by atoms with E-state index in [-0.39, 0.29) is 0 Å². The third-order valence-electron chi connectivity index (χ3n) is 2.81. The number of halogens is 1. The fourth-order valence-corrected chi connectivity index (χ4v) is 5.68. The molecule has 0 bridgehead atoms. The number of thiophene rings is 1. The van der Waals surface area contributed by atoms with E-state index in [0.717, 1.165) is 28.8 Å². The van der Waals surface area contributed by atoms with Crippen LogP contribution in [0.5, 0.6) is 0 Å². The highest BCUT2D eigenvalue weighted by Crippen LogP contribution is 2.44. The Hall–Kier alpha value is 0.220. The van der Waals surface area contributed by atoms with E-state index in [1.54, 1.807) is 11.3 Å². The molecule has 0 saturated carbocycles. The minimum Gasteiger partial charge on any atom is -0.313 e. The molecule has 1 heterocycles. The van der Waals surface area contributed by atoms with Crippen molar-refractivity contribution >= 4 is 51.4 Å². The van der Waals surface area contributed by atoms with Crippen molar-refractivity contribution in [3.63, 3.8) is 0 Å². The van der Waals surface area contributed by atoms with Gasteiger partial charge in [0.1, 0.15) is 0 Å². The fourth-order valence-electron chi connectivity index (χ4n) is 2.05. The van der Waals surface area contributed by atoms with Crippen molar-refractivity contribution in [2.75, 3.05) is 13.2 Å². The van der Waals surface area contributed by atoms with Crippen molar-refractivity contribution in [1.82, 2.24) is 5.20 Å². The summed E-state index contributed by atoms with van der Waals surface area (Å²) in [5.74, 6) is 0. The second-order valence-electron chi connectivity index (χ2n) is 4.23. The van der Waals surface area contributed by atoms with Gasteiger partial charge in [-0.3, -0.25) is 0 Å². The maximum atomic E-state index is 5.53. The molecule has 1 aliphatic carbocycles. The molecule has 1 aromatic heterocycles. The van der Waals surface area contributed by atoms with Gasteiger partial charge in [-0.05, 0) is 66.9 Å². The molecule has 1 N–H and O–H groups in total. The number of hydrogen-bond donors (Lipinski definition) is 1. The van der Waals surface area contributed by atoms with Crippen molar-refractivity contribution in [2.24, 2.45) is 5.10 Å². The molecule has 0 unspecified atom stereocenters. The summed E-state index contributed by atoms with van der Waals surface area (Å²) in [6.07, 6.45) is 3.19. The van der Waals surface area contributed by atoms with Crippen molar-refractivity contribution < 1.29 is 9.05 Å². The first-order chi connectivity index (χ1) is 9.58. The number of nitrogens with one attached hydrogen (secondary N) is 1. The van der Waals surface area contributed by atoms with E-state index < -0.39 is 6.64 Å². The van der Waals surface area contributed by atoms with Gasteiger partial charge in [0, 0.05) is 10.4 Å². The molecule has 0 saturated heterocycles. The van der Waals surface area contributed by atoms with Gasteiger partial charge in [0.25, 0.3) is 0 Å². The smallest absolute Gasteiger partial charge is 0.303 e. The largest absolute Gasteiger partial charge is 0.313 e. The highest BCUT2D eigenvalue weighted by atomic mass is 79.9. The van der Waals surface area contributed by atoms with Crippen LogP contribution >= 0.6 is 33.9 Å². The second-order valence-corrected chi connectivity index (χ2v) is 9.90. The Bertz CT molecular complexity index is 538. The lowest BCUT2D eigenvalue weighted by Gasteiger charge is -2.21. The third-order valence-corrected chi connectivity index (χ3v) is 6.93. The average Bonchev–Trinajstić information content (AvgIpc) is 2.77. The van der Waals surface area contributed by atoms with Crippen molar-refractivity contribution in [3.05, 3.63) is 20.3 Å². The van der Waals surface area contributed by atoms with Gasteiger partial charge in [-0.15, -0.1) is 11.3 Å². The van der Waals surface area contributed by atoms with Crippen LogP contribution in [0.15, 0.2) is 15.0 Å². The summed E-state index contributed by atoms with van der Waals surface area (Å²) in [6.45, 7) is 2.35. The first kappa shape index (κ1) is 16.6. The summed E-state index contributed by atoms with van der Waals surface area (Å²) in [4.78, 5) is 1.38. The van der Waals surface area contributed by atoms with E-state index in [0.29, 0.717) is 13.2 Å². The molecule has 2 rings (SSSR count). The highest BCUT2D eigenvalue weighted by molar-refractivity contribution is 9.11. The lowest BCUT2D eigenvalue weighted by Crippen LogP contribution is -2.16. The predicted molar refractivity (Wildman–Crippen MR) is 92.2 cm³/mol. The zero-order valence-electron chi connectivity index (χ0n) is 11.5. The Morgan fingerprint density at radius 3 is 2.75 bits per heavy atom. The van der Waals surface area contributed by atoms with Gasteiger partial charge in [-0.2, -0.15) is 5.10 Å². The maximum Gasteiger partial charge on any atom is 0.303 e. The molecule has 20 heavy (non-hydrogen) atoms. The molecular formula is C12H18BrN2O2PS2. The van der Waals surface area contributed by atoms with Crippen LogP contribution in [0.1, 0.15) is 37.1 Å². The fraction of sp³-hybridized carbons (Fsp3) is 0.583. The number of rotatable bonds is 6. The Kier molecular flexibility index (Phi) is 6.20. The minimum absolute atomic E-state index is 0.518. The van der Waals surface area contributed by atoms with Gasteiger partial charge in [0.2, 0.25) is 0 Å². The van der Waals surface area contributed by atoms with Crippen LogP contribution < -0.4 is 5.20 Å². The van der Waals surface area contributed by atoms with Crippen LogP contribution in [-0.4, -0.2) is 18.9 Å². The molecule has 0 radical (unpaired) electrons. The van der Waals surface area contributed by atoms with Crippen LogP contribution in [0.25, 0.3) is 0 Å².